The summed E-state index contributed by atoms with van der Waals surface area (Å²) in [6, 6.07) is 19.3. The molecule has 1 fully saturated rings. The van der Waals surface area contributed by atoms with Crippen molar-refractivity contribution in [1.82, 2.24) is 9.97 Å². The maximum atomic E-state index is 13.3. The van der Waals surface area contributed by atoms with Crippen LogP contribution in [0.5, 0.6) is 5.75 Å². The Hall–Kier alpha value is -3.93. The Morgan fingerprint density at radius 2 is 1.80 bits per heavy atom. The van der Waals surface area contributed by atoms with Crippen molar-refractivity contribution in [2.24, 2.45) is 0 Å². The summed E-state index contributed by atoms with van der Waals surface area (Å²) in [6.45, 7) is 1.97. The van der Waals surface area contributed by atoms with Crippen LogP contribution in [0.2, 0.25) is 0 Å². The van der Waals surface area contributed by atoms with E-state index in [2.05, 4.69) is 22.4 Å². The smallest absolute Gasteiger partial charge is 0.255 e. The van der Waals surface area contributed by atoms with Crippen LogP contribution in [-0.2, 0) is 0 Å². The number of anilines is 2. The number of rotatable bonds is 5. The molecule has 0 atom stereocenters. The Bertz CT molecular complexity index is 1390. The highest BCUT2D eigenvalue weighted by Crippen LogP contribution is 2.36. The third-order valence-electron chi connectivity index (χ3n) is 6.92. The summed E-state index contributed by atoms with van der Waals surface area (Å²) in [5.41, 5.74) is 11.2. The van der Waals surface area contributed by atoms with E-state index in [0.717, 1.165) is 22.0 Å². The van der Waals surface area contributed by atoms with Crippen LogP contribution in [0.4, 0.5) is 11.5 Å². The highest BCUT2D eigenvalue weighted by molar-refractivity contribution is 6.06. The van der Waals surface area contributed by atoms with Gasteiger partial charge in [0.05, 0.1) is 18.3 Å². The molecule has 35 heavy (non-hydrogen) atoms. The summed E-state index contributed by atoms with van der Waals surface area (Å²) >= 11 is 0. The monoisotopic (exact) mass is 466 g/mol. The van der Waals surface area contributed by atoms with Crippen LogP contribution in [0.3, 0.4) is 0 Å². The number of hydrogen-bond donors (Lipinski definition) is 2. The number of carbonyl (C=O) groups excluding carboxylic acids is 1. The second-order valence-corrected chi connectivity index (χ2v) is 9.23. The van der Waals surface area contributed by atoms with E-state index in [1.165, 1.54) is 37.7 Å². The van der Waals surface area contributed by atoms with Crippen LogP contribution in [0.15, 0.2) is 60.7 Å². The lowest BCUT2D eigenvalue weighted by molar-refractivity contribution is 0.102. The number of aryl methyl sites for hydroxylation is 1. The summed E-state index contributed by atoms with van der Waals surface area (Å²) < 4.78 is 5.54. The van der Waals surface area contributed by atoms with E-state index in [1.54, 1.807) is 7.11 Å². The Labute approximate surface area is 205 Å². The third-order valence-corrected chi connectivity index (χ3v) is 6.92. The van der Waals surface area contributed by atoms with Crippen molar-refractivity contribution in [2.45, 2.75) is 44.9 Å². The zero-order valence-electron chi connectivity index (χ0n) is 20.2. The molecule has 0 unspecified atom stereocenters. The molecule has 1 aliphatic rings. The minimum atomic E-state index is -0.209. The second kappa shape index (κ2) is 9.74. The van der Waals surface area contributed by atoms with Gasteiger partial charge in [0.25, 0.3) is 5.91 Å². The van der Waals surface area contributed by atoms with E-state index < -0.39 is 0 Å². The Kier molecular flexibility index (Phi) is 6.36. The fraction of sp³-hybridized carbons (Fsp3) is 0.276. The Morgan fingerprint density at radius 1 is 1.00 bits per heavy atom. The van der Waals surface area contributed by atoms with Crippen molar-refractivity contribution in [3.8, 4) is 17.1 Å². The normalized spacial score (nSPS) is 14.1. The number of nitrogen functional groups attached to an aromatic ring is 1. The molecule has 3 N–H and O–H groups in total. The number of fused-ring (bicyclic) bond motifs is 1. The minimum Gasteiger partial charge on any atom is -0.495 e. The van der Waals surface area contributed by atoms with Gasteiger partial charge >= 0.3 is 0 Å². The van der Waals surface area contributed by atoms with Crippen LogP contribution in [0.25, 0.3) is 22.3 Å². The van der Waals surface area contributed by atoms with Crippen molar-refractivity contribution in [3.63, 3.8) is 0 Å². The number of hydrogen-bond acceptors (Lipinski definition) is 5. The molecule has 0 radical (unpaired) electrons. The molecule has 1 saturated carbocycles. The number of aromatic nitrogens is 2. The summed E-state index contributed by atoms with van der Waals surface area (Å²) in [5.74, 6) is 1.90. The molecule has 1 aliphatic carbocycles. The van der Waals surface area contributed by atoms with Gasteiger partial charge in [0.15, 0.2) is 5.82 Å². The molecule has 0 saturated heterocycles. The van der Waals surface area contributed by atoms with E-state index >= 15 is 0 Å². The first-order valence-corrected chi connectivity index (χ1v) is 12.2. The van der Waals surface area contributed by atoms with Gasteiger partial charge in [-0.1, -0.05) is 43.5 Å². The van der Waals surface area contributed by atoms with Crippen LogP contribution in [0, 0.1) is 6.92 Å². The molecule has 0 aliphatic heterocycles. The number of methoxy groups -OCH3 is 1. The molecule has 1 aromatic heterocycles. The first-order valence-electron chi connectivity index (χ1n) is 12.2. The van der Waals surface area contributed by atoms with Crippen molar-refractivity contribution in [3.05, 3.63) is 77.4 Å². The molecular formula is C29H30N4O2. The highest BCUT2D eigenvalue weighted by Gasteiger charge is 2.19. The first kappa shape index (κ1) is 22.8. The molecule has 3 aromatic carbocycles. The molecule has 1 heterocycles. The summed E-state index contributed by atoms with van der Waals surface area (Å²) in [7, 11) is 1.62. The van der Waals surface area contributed by atoms with Crippen molar-refractivity contribution in [2.75, 3.05) is 18.2 Å². The largest absolute Gasteiger partial charge is 0.495 e. The lowest BCUT2D eigenvalue weighted by atomic mass is 9.84. The topological polar surface area (TPSA) is 90.1 Å². The van der Waals surface area contributed by atoms with Crippen molar-refractivity contribution >= 4 is 28.3 Å². The van der Waals surface area contributed by atoms with Gasteiger partial charge in [-0.05, 0) is 73.2 Å². The van der Waals surface area contributed by atoms with E-state index in [0.29, 0.717) is 34.6 Å². The number of ether oxygens (including phenoxy) is 1. The van der Waals surface area contributed by atoms with Gasteiger partial charge in [-0.3, -0.25) is 4.79 Å². The van der Waals surface area contributed by atoms with E-state index in [9.17, 15) is 4.79 Å². The van der Waals surface area contributed by atoms with Gasteiger partial charge in [0.1, 0.15) is 11.6 Å². The minimum absolute atomic E-state index is 0.209. The maximum absolute atomic E-state index is 13.3. The van der Waals surface area contributed by atoms with E-state index in [1.807, 2.05) is 55.5 Å². The SMILES string of the molecule is COc1ccc(C2CCCCC2)cc1NC(=O)c1ccc(C)c(-c2nc(N)c3ccccc3n2)c1. The number of nitrogens with one attached hydrogen (secondary N) is 1. The van der Waals surface area contributed by atoms with Gasteiger partial charge in [0.2, 0.25) is 0 Å². The van der Waals surface area contributed by atoms with Crippen LogP contribution in [-0.4, -0.2) is 23.0 Å². The van der Waals surface area contributed by atoms with Gasteiger partial charge in [-0.2, -0.15) is 0 Å². The van der Waals surface area contributed by atoms with Crippen LogP contribution >= 0.6 is 0 Å². The standard InChI is InChI=1S/C29H30N4O2/c1-18-12-13-21(16-23(18)28-31-24-11-7-6-10-22(24)27(30)33-28)29(34)32-25-17-20(14-15-26(25)35-2)19-8-4-3-5-9-19/h6-7,10-17,19H,3-5,8-9H2,1-2H3,(H,32,34)(H2,30,31,33). The quantitative estimate of drug-likeness (QED) is 0.350. The summed E-state index contributed by atoms with van der Waals surface area (Å²) in [4.78, 5) is 22.5. The Balaban J connectivity index is 1.46. The Morgan fingerprint density at radius 3 is 2.60 bits per heavy atom. The zero-order chi connectivity index (χ0) is 24.4. The zero-order valence-corrected chi connectivity index (χ0v) is 20.2. The number of amides is 1. The molecule has 0 bridgehead atoms. The highest BCUT2D eigenvalue weighted by atomic mass is 16.5. The van der Waals surface area contributed by atoms with E-state index in [4.69, 9.17) is 15.5 Å². The third kappa shape index (κ3) is 4.69. The molecule has 4 aromatic rings. The lowest BCUT2D eigenvalue weighted by Crippen LogP contribution is -2.14. The van der Waals surface area contributed by atoms with E-state index in [-0.39, 0.29) is 5.91 Å². The van der Waals surface area contributed by atoms with Gasteiger partial charge < -0.3 is 15.8 Å². The summed E-state index contributed by atoms with van der Waals surface area (Å²) in [6.07, 6.45) is 6.20. The number of carbonyl (C=O) groups is 1. The predicted octanol–water partition coefficient (Wildman–Crippen LogP) is 6.50. The van der Waals surface area contributed by atoms with Crippen LogP contribution < -0.4 is 15.8 Å². The van der Waals surface area contributed by atoms with Crippen molar-refractivity contribution < 1.29 is 9.53 Å². The lowest BCUT2D eigenvalue weighted by Gasteiger charge is -2.23. The van der Waals surface area contributed by atoms with Gasteiger partial charge in [-0.15, -0.1) is 0 Å². The molecule has 6 heteroatoms. The number of nitrogens with two attached hydrogens (primary N) is 1. The van der Waals surface area contributed by atoms with Gasteiger partial charge in [0, 0.05) is 16.5 Å². The number of nitrogens with zero attached hydrogens (tertiary/aromatic N) is 2. The predicted molar refractivity (Wildman–Crippen MR) is 141 cm³/mol. The number of benzene rings is 3. The molecule has 6 nitrogen and oxygen atoms in total. The molecule has 0 spiro atoms. The van der Waals surface area contributed by atoms with Gasteiger partial charge in [-0.25, -0.2) is 9.97 Å². The van der Waals surface area contributed by atoms with Crippen molar-refractivity contribution in [1.29, 1.82) is 0 Å². The first-order chi connectivity index (χ1) is 17.0. The fourth-order valence-electron chi connectivity index (χ4n) is 4.93. The molecule has 178 valence electrons. The molecule has 1 amide bonds. The van der Waals surface area contributed by atoms with Crippen LogP contribution in [0.1, 0.15) is 59.5 Å². The average molecular weight is 467 g/mol. The number of para-hydroxylation sites is 1. The molecular weight excluding hydrogens is 436 g/mol. The average Bonchev–Trinajstić information content (AvgIpc) is 2.89. The maximum Gasteiger partial charge on any atom is 0.255 e. The molecule has 5 rings (SSSR count). The second-order valence-electron chi connectivity index (χ2n) is 9.23. The fourth-order valence-corrected chi connectivity index (χ4v) is 4.93. The summed E-state index contributed by atoms with van der Waals surface area (Å²) in [5, 5.41) is 3.88.